The van der Waals surface area contributed by atoms with E-state index in [-0.39, 0.29) is 5.92 Å². The number of sulfone groups is 1. The summed E-state index contributed by atoms with van der Waals surface area (Å²) in [5, 5.41) is -0.0234. The predicted molar refractivity (Wildman–Crippen MR) is 62.4 cm³/mol. The Morgan fingerprint density at radius 2 is 2.06 bits per heavy atom. The van der Waals surface area contributed by atoms with Crippen molar-refractivity contribution in [2.24, 2.45) is 5.92 Å². The summed E-state index contributed by atoms with van der Waals surface area (Å²) in [6.07, 6.45) is 1.88. The summed E-state index contributed by atoms with van der Waals surface area (Å²) in [7, 11) is -3.18. The van der Waals surface area contributed by atoms with Gasteiger partial charge in [-0.2, -0.15) is 0 Å². The van der Waals surface area contributed by atoms with Crippen LogP contribution in [0.1, 0.15) is 11.5 Å². The van der Waals surface area contributed by atoms with Crippen LogP contribution in [0.3, 0.4) is 0 Å². The van der Waals surface area contributed by atoms with E-state index in [1.54, 1.807) is 24.3 Å². The number of carbonyl (C=O) groups excluding carboxylic acids is 1. The Morgan fingerprint density at radius 3 is 2.50 bits per heavy atom. The maximum Gasteiger partial charge on any atom is 0.151 e. The van der Waals surface area contributed by atoms with Crippen molar-refractivity contribution in [1.29, 1.82) is 0 Å². The molecule has 1 aromatic rings. The molecule has 0 radical (unpaired) electrons. The third-order valence-electron chi connectivity index (χ3n) is 2.89. The van der Waals surface area contributed by atoms with E-state index in [4.69, 9.17) is 11.6 Å². The first-order chi connectivity index (χ1) is 7.45. The third-order valence-corrected chi connectivity index (χ3v) is 4.72. The lowest BCUT2D eigenvalue weighted by molar-refractivity contribution is -0.108. The highest BCUT2D eigenvalue weighted by Gasteiger charge is 2.57. The summed E-state index contributed by atoms with van der Waals surface area (Å²) in [6.45, 7) is 0. The van der Waals surface area contributed by atoms with Gasteiger partial charge in [0.25, 0.3) is 0 Å². The molecule has 1 aromatic carbocycles. The van der Waals surface area contributed by atoms with Gasteiger partial charge < -0.3 is 4.79 Å². The fourth-order valence-corrected chi connectivity index (χ4v) is 3.93. The number of benzene rings is 1. The maximum atomic E-state index is 11.4. The highest BCUT2D eigenvalue weighted by molar-refractivity contribution is 7.91. The van der Waals surface area contributed by atoms with Crippen LogP contribution in [0, 0.1) is 5.92 Å². The van der Waals surface area contributed by atoms with E-state index in [0.29, 0.717) is 5.02 Å². The first-order valence-electron chi connectivity index (χ1n) is 4.85. The van der Waals surface area contributed by atoms with Gasteiger partial charge in [-0.25, -0.2) is 8.42 Å². The zero-order chi connectivity index (χ0) is 11.9. The monoisotopic (exact) mass is 258 g/mol. The van der Waals surface area contributed by atoms with E-state index < -0.39 is 21.0 Å². The van der Waals surface area contributed by atoms with Gasteiger partial charge in [-0.15, -0.1) is 0 Å². The zero-order valence-electron chi connectivity index (χ0n) is 8.63. The molecular weight excluding hydrogens is 248 g/mol. The fourth-order valence-electron chi connectivity index (χ4n) is 2.14. The van der Waals surface area contributed by atoms with Gasteiger partial charge in [-0.3, -0.25) is 0 Å². The smallest absolute Gasteiger partial charge is 0.151 e. The quantitative estimate of drug-likeness (QED) is 0.775. The van der Waals surface area contributed by atoms with Gasteiger partial charge in [0.15, 0.2) is 9.84 Å². The van der Waals surface area contributed by atoms with Crippen LogP contribution in [0.25, 0.3) is 0 Å². The molecule has 1 aliphatic carbocycles. The normalized spacial score (nSPS) is 28.8. The first kappa shape index (κ1) is 11.6. The molecule has 0 aliphatic heterocycles. The van der Waals surface area contributed by atoms with E-state index in [9.17, 15) is 13.2 Å². The topological polar surface area (TPSA) is 51.2 Å². The van der Waals surface area contributed by atoms with Gasteiger partial charge >= 0.3 is 0 Å². The van der Waals surface area contributed by atoms with Crippen LogP contribution in [-0.4, -0.2) is 26.2 Å². The Bertz CT molecular complexity index is 524. The Morgan fingerprint density at radius 1 is 1.38 bits per heavy atom. The number of halogens is 1. The molecular formula is C11H11ClO3S. The highest BCUT2D eigenvalue weighted by Crippen LogP contribution is 2.51. The Labute approximate surface area is 99.3 Å². The SMILES string of the molecule is CS(=O)(=O)[C@@H]1[C@H](C=O)[C@H]1c1cccc(Cl)c1. The van der Waals surface area contributed by atoms with Crippen LogP contribution in [0.5, 0.6) is 0 Å². The molecule has 1 saturated carbocycles. The van der Waals surface area contributed by atoms with Crippen molar-refractivity contribution in [2.45, 2.75) is 11.2 Å². The number of rotatable bonds is 3. The van der Waals surface area contributed by atoms with Crippen LogP contribution < -0.4 is 0 Å². The first-order valence-corrected chi connectivity index (χ1v) is 7.18. The molecule has 0 heterocycles. The van der Waals surface area contributed by atoms with E-state index in [0.717, 1.165) is 11.8 Å². The summed E-state index contributed by atoms with van der Waals surface area (Å²) >= 11 is 5.83. The minimum absolute atomic E-state index is 0.230. The maximum absolute atomic E-state index is 11.4. The van der Waals surface area contributed by atoms with Gasteiger partial charge in [0.2, 0.25) is 0 Å². The van der Waals surface area contributed by atoms with Crippen molar-refractivity contribution >= 4 is 27.7 Å². The van der Waals surface area contributed by atoms with Crippen LogP contribution in [0.4, 0.5) is 0 Å². The number of hydrogen-bond acceptors (Lipinski definition) is 3. The van der Waals surface area contributed by atoms with Crippen LogP contribution in [-0.2, 0) is 14.6 Å². The fraction of sp³-hybridized carbons (Fsp3) is 0.364. The molecule has 0 aromatic heterocycles. The summed E-state index contributed by atoms with van der Waals surface area (Å²) in [5.41, 5.74) is 0.819. The van der Waals surface area contributed by atoms with Crippen molar-refractivity contribution in [3.63, 3.8) is 0 Å². The van der Waals surface area contributed by atoms with Gasteiger partial charge in [-0.1, -0.05) is 23.7 Å². The summed E-state index contributed by atoms with van der Waals surface area (Å²) < 4.78 is 22.9. The molecule has 3 atom stereocenters. The van der Waals surface area contributed by atoms with E-state index in [1.165, 1.54) is 6.26 Å². The van der Waals surface area contributed by atoms with Gasteiger partial charge in [0.1, 0.15) is 6.29 Å². The third kappa shape index (κ3) is 1.99. The predicted octanol–water partition coefficient (Wildman–Crippen LogP) is 1.67. The molecule has 86 valence electrons. The zero-order valence-corrected chi connectivity index (χ0v) is 10.2. The van der Waals surface area contributed by atoms with Crippen LogP contribution in [0.15, 0.2) is 24.3 Å². The molecule has 3 nitrogen and oxygen atoms in total. The molecule has 5 heteroatoms. The Balaban J connectivity index is 2.34. The van der Waals surface area contributed by atoms with E-state index in [2.05, 4.69) is 0 Å². The van der Waals surface area contributed by atoms with Gasteiger partial charge in [-0.05, 0) is 17.7 Å². The number of hydrogen-bond donors (Lipinski definition) is 0. The molecule has 0 amide bonds. The molecule has 0 spiro atoms. The van der Waals surface area contributed by atoms with Crippen molar-refractivity contribution in [3.05, 3.63) is 34.9 Å². The minimum atomic E-state index is -3.18. The lowest BCUT2D eigenvalue weighted by Gasteiger charge is -1.99. The van der Waals surface area contributed by atoms with Crippen molar-refractivity contribution < 1.29 is 13.2 Å². The molecule has 0 bridgehead atoms. The van der Waals surface area contributed by atoms with Crippen LogP contribution >= 0.6 is 11.6 Å². The lowest BCUT2D eigenvalue weighted by Crippen LogP contribution is -2.07. The van der Waals surface area contributed by atoms with Crippen molar-refractivity contribution in [3.8, 4) is 0 Å². The lowest BCUT2D eigenvalue weighted by atomic mass is 10.1. The highest BCUT2D eigenvalue weighted by atomic mass is 35.5. The summed E-state index contributed by atoms with van der Waals surface area (Å²) in [6, 6.07) is 7.00. The second kappa shape index (κ2) is 3.86. The average molecular weight is 259 g/mol. The van der Waals surface area contributed by atoms with Crippen LogP contribution in [0.2, 0.25) is 5.02 Å². The Kier molecular flexibility index (Phi) is 2.80. The molecule has 0 unspecified atom stereocenters. The number of carbonyl (C=O) groups is 1. The van der Waals surface area contributed by atoms with E-state index >= 15 is 0 Å². The second-order valence-corrected chi connectivity index (χ2v) is 6.73. The van der Waals surface area contributed by atoms with Crippen molar-refractivity contribution in [2.75, 3.05) is 6.26 Å². The minimum Gasteiger partial charge on any atom is -0.303 e. The standard InChI is InChI=1S/C11H11ClO3S/c1-16(14,15)11-9(6-13)10(11)7-3-2-4-8(12)5-7/h2-6,9-11H,1H3/t9-,10-,11-/m1/s1. The van der Waals surface area contributed by atoms with Gasteiger partial charge in [0, 0.05) is 23.1 Å². The molecule has 0 N–H and O–H groups in total. The van der Waals surface area contributed by atoms with Gasteiger partial charge in [0.05, 0.1) is 5.25 Å². The molecule has 0 saturated heterocycles. The number of aldehydes is 1. The molecule has 2 rings (SSSR count). The summed E-state index contributed by atoms with van der Waals surface area (Å²) in [4.78, 5) is 10.8. The summed E-state index contributed by atoms with van der Waals surface area (Å²) in [5.74, 6) is -0.653. The van der Waals surface area contributed by atoms with E-state index in [1.807, 2.05) is 0 Å². The second-order valence-electron chi connectivity index (χ2n) is 4.09. The Hall–Kier alpha value is -0.870. The molecule has 1 aliphatic rings. The molecule has 1 fully saturated rings. The largest absolute Gasteiger partial charge is 0.303 e. The average Bonchev–Trinajstić information content (AvgIpc) is 2.91. The van der Waals surface area contributed by atoms with Crippen molar-refractivity contribution in [1.82, 2.24) is 0 Å². The molecule has 16 heavy (non-hydrogen) atoms.